The van der Waals surface area contributed by atoms with Gasteiger partial charge in [0, 0.05) is 23.7 Å². The maximum absolute atomic E-state index is 12.6. The Kier molecular flexibility index (Phi) is 6.54. The number of amides is 1. The lowest BCUT2D eigenvalue weighted by Crippen LogP contribution is -2.23. The van der Waals surface area contributed by atoms with Gasteiger partial charge in [-0.15, -0.1) is 11.3 Å². The maximum Gasteiger partial charge on any atom is 0.271 e. The Balaban J connectivity index is 1.41. The Morgan fingerprint density at radius 2 is 1.84 bits per heavy atom. The second-order valence-electron chi connectivity index (χ2n) is 7.36. The normalized spacial score (nSPS) is 11.1. The summed E-state index contributed by atoms with van der Waals surface area (Å²) in [4.78, 5) is 17.2. The minimum Gasteiger partial charge on any atom is -0.374 e. The van der Waals surface area contributed by atoms with Crippen molar-refractivity contribution < 1.29 is 9.53 Å². The van der Waals surface area contributed by atoms with Crippen LogP contribution < -0.4 is 5.32 Å². The van der Waals surface area contributed by atoms with Gasteiger partial charge in [-0.3, -0.25) is 4.79 Å². The zero-order chi connectivity index (χ0) is 21.6. The zero-order valence-electron chi connectivity index (χ0n) is 17.5. The molecule has 0 saturated carbocycles. The van der Waals surface area contributed by atoms with Crippen molar-refractivity contribution >= 4 is 17.2 Å². The van der Waals surface area contributed by atoms with Crippen LogP contribution in [0.4, 0.5) is 0 Å². The standard InChI is InChI=1S/C24H24N4O2S/c1-17(2)30-15-19-9-7-6-8-18(19)12-25-23(29)22-16-31-24(27-22)20-13-26-28(14-20)21-10-4-3-5-11-21/h3-11,13-14,16-17H,12,15H2,1-2H3,(H,25,29). The van der Waals surface area contributed by atoms with Gasteiger partial charge in [-0.05, 0) is 37.1 Å². The van der Waals surface area contributed by atoms with Crippen LogP contribution in [0, 0.1) is 0 Å². The number of aromatic nitrogens is 3. The zero-order valence-corrected chi connectivity index (χ0v) is 18.3. The summed E-state index contributed by atoms with van der Waals surface area (Å²) in [6, 6.07) is 17.8. The average molecular weight is 433 g/mol. The molecule has 0 saturated heterocycles. The minimum atomic E-state index is -0.197. The number of carbonyl (C=O) groups excluding carboxylic acids is 1. The Bertz CT molecular complexity index is 1150. The van der Waals surface area contributed by atoms with Crippen LogP contribution in [0.25, 0.3) is 16.3 Å². The summed E-state index contributed by atoms with van der Waals surface area (Å²) >= 11 is 1.43. The molecule has 0 bridgehead atoms. The van der Waals surface area contributed by atoms with Crippen LogP contribution >= 0.6 is 11.3 Å². The van der Waals surface area contributed by atoms with Crippen LogP contribution in [0.1, 0.15) is 35.5 Å². The molecule has 1 amide bonds. The third kappa shape index (κ3) is 5.25. The molecule has 0 fully saturated rings. The first-order valence-electron chi connectivity index (χ1n) is 10.1. The van der Waals surface area contributed by atoms with Crippen molar-refractivity contribution in [2.75, 3.05) is 0 Å². The van der Waals surface area contributed by atoms with Gasteiger partial charge in [-0.2, -0.15) is 5.10 Å². The molecule has 31 heavy (non-hydrogen) atoms. The molecule has 1 N–H and O–H groups in total. The van der Waals surface area contributed by atoms with E-state index in [9.17, 15) is 4.79 Å². The van der Waals surface area contributed by atoms with E-state index in [0.717, 1.165) is 27.4 Å². The van der Waals surface area contributed by atoms with Gasteiger partial charge in [0.1, 0.15) is 10.7 Å². The van der Waals surface area contributed by atoms with E-state index in [1.807, 2.05) is 74.6 Å². The highest BCUT2D eigenvalue weighted by atomic mass is 32.1. The van der Waals surface area contributed by atoms with E-state index in [2.05, 4.69) is 15.4 Å². The fourth-order valence-corrected chi connectivity index (χ4v) is 3.83. The maximum atomic E-state index is 12.6. The SMILES string of the molecule is CC(C)OCc1ccccc1CNC(=O)c1csc(-c2cnn(-c3ccccc3)c2)n1. The molecule has 4 rings (SSSR count). The van der Waals surface area contributed by atoms with Crippen LogP contribution in [0.15, 0.2) is 72.4 Å². The number of thiazole rings is 1. The molecule has 2 aromatic carbocycles. The fourth-order valence-electron chi connectivity index (χ4n) is 3.06. The van der Waals surface area contributed by atoms with Crippen LogP contribution in [-0.4, -0.2) is 26.8 Å². The number of carbonyl (C=O) groups is 1. The van der Waals surface area contributed by atoms with Gasteiger partial charge in [-0.25, -0.2) is 9.67 Å². The summed E-state index contributed by atoms with van der Waals surface area (Å²) < 4.78 is 7.51. The molecule has 0 spiro atoms. The van der Waals surface area contributed by atoms with Gasteiger partial charge >= 0.3 is 0 Å². The highest BCUT2D eigenvalue weighted by molar-refractivity contribution is 7.13. The molecule has 0 unspecified atom stereocenters. The second-order valence-corrected chi connectivity index (χ2v) is 8.22. The predicted octanol–water partition coefficient (Wildman–Crippen LogP) is 4.85. The third-order valence-corrected chi connectivity index (χ3v) is 5.61. The molecule has 0 aliphatic heterocycles. The van der Waals surface area contributed by atoms with E-state index >= 15 is 0 Å². The van der Waals surface area contributed by atoms with Crippen LogP contribution in [0.3, 0.4) is 0 Å². The summed E-state index contributed by atoms with van der Waals surface area (Å²) in [5.41, 5.74) is 4.37. The number of rotatable bonds is 8. The molecular formula is C24H24N4O2S. The number of hydrogen-bond donors (Lipinski definition) is 1. The van der Waals surface area contributed by atoms with Crippen molar-refractivity contribution in [2.24, 2.45) is 0 Å². The lowest BCUT2D eigenvalue weighted by atomic mass is 10.1. The van der Waals surface area contributed by atoms with E-state index in [0.29, 0.717) is 18.8 Å². The van der Waals surface area contributed by atoms with Gasteiger partial charge in [0.25, 0.3) is 5.91 Å². The number of para-hydroxylation sites is 1. The van der Waals surface area contributed by atoms with Crippen molar-refractivity contribution in [2.45, 2.75) is 33.1 Å². The molecule has 2 aromatic heterocycles. The number of benzene rings is 2. The minimum absolute atomic E-state index is 0.155. The third-order valence-electron chi connectivity index (χ3n) is 4.72. The van der Waals surface area contributed by atoms with Crippen molar-refractivity contribution in [3.63, 3.8) is 0 Å². The lowest BCUT2D eigenvalue weighted by Gasteiger charge is -2.12. The van der Waals surface area contributed by atoms with E-state index in [1.54, 1.807) is 16.3 Å². The first-order valence-corrected chi connectivity index (χ1v) is 11.0. The van der Waals surface area contributed by atoms with Crippen LogP contribution in [0.2, 0.25) is 0 Å². The Labute approximate surface area is 185 Å². The first-order chi connectivity index (χ1) is 15.1. The number of ether oxygens (including phenoxy) is 1. The van der Waals surface area contributed by atoms with Crippen molar-refractivity contribution in [1.82, 2.24) is 20.1 Å². The smallest absolute Gasteiger partial charge is 0.271 e. The Morgan fingerprint density at radius 1 is 1.10 bits per heavy atom. The summed E-state index contributed by atoms with van der Waals surface area (Å²) in [5.74, 6) is -0.197. The summed E-state index contributed by atoms with van der Waals surface area (Å²) in [5, 5.41) is 9.91. The molecule has 0 aliphatic rings. The predicted molar refractivity (Wildman–Crippen MR) is 122 cm³/mol. The molecule has 0 radical (unpaired) electrons. The van der Waals surface area contributed by atoms with Crippen LogP contribution in [-0.2, 0) is 17.9 Å². The molecule has 158 valence electrons. The van der Waals surface area contributed by atoms with E-state index in [4.69, 9.17) is 4.74 Å². The van der Waals surface area contributed by atoms with Gasteiger partial charge in [0.15, 0.2) is 0 Å². The lowest BCUT2D eigenvalue weighted by molar-refractivity contribution is 0.0651. The quantitative estimate of drug-likeness (QED) is 0.432. The number of hydrogen-bond acceptors (Lipinski definition) is 5. The largest absolute Gasteiger partial charge is 0.374 e. The van der Waals surface area contributed by atoms with Gasteiger partial charge in [0.2, 0.25) is 0 Å². The van der Waals surface area contributed by atoms with Crippen molar-refractivity contribution in [3.8, 4) is 16.3 Å². The van der Waals surface area contributed by atoms with Crippen LogP contribution in [0.5, 0.6) is 0 Å². The second kappa shape index (κ2) is 9.68. The molecule has 4 aromatic rings. The number of nitrogens with zero attached hydrogens (tertiary/aromatic N) is 3. The molecule has 0 aliphatic carbocycles. The molecule has 0 atom stereocenters. The van der Waals surface area contributed by atoms with Gasteiger partial charge in [-0.1, -0.05) is 42.5 Å². The highest BCUT2D eigenvalue weighted by Crippen LogP contribution is 2.24. The Hall–Kier alpha value is -3.29. The van der Waals surface area contributed by atoms with E-state index in [-0.39, 0.29) is 12.0 Å². The number of nitrogens with one attached hydrogen (secondary N) is 1. The van der Waals surface area contributed by atoms with Crippen molar-refractivity contribution in [1.29, 1.82) is 0 Å². The van der Waals surface area contributed by atoms with Gasteiger partial charge < -0.3 is 10.1 Å². The average Bonchev–Trinajstić information content (AvgIpc) is 3.47. The monoisotopic (exact) mass is 432 g/mol. The van der Waals surface area contributed by atoms with Crippen molar-refractivity contribution in [3.05, 3.63) is 89.2 Å². The molecule has 7 heteroatoms. The molecule has 2 heterocycles. The summed E-state index contributed by atoms with van der Waals surface area (Å²) in [7, 11) is 0. The summed E-state index contributed by atoms with van der Waals surface area (Å²) in [6.45, 7) is 4.97. The molecular weight excluding hydrogens is 408 g/mol. The first kappa shape index (κ1) is 21.0. The van der Waals surface area contributed by atoms with E-state index in [1.165, 1.54) is 11.3 Å². The molecule has 6 nitrogen and oxygen atoms in total. The highest BCUT2D eigenvalue weighted by Gasteiger charge is 2.14. The van der Waals surface area contributed by atoms with Gasteiger partial charge in [0.05, 0.1) is 24.6 Å². The summed E-state index contributed by atoms with van der Waals surface area (Å²) in [6.07, 6.45) is 3.83. The van der Waals surface area contributed by atoms with E-state index < -0.39 is 0 Å². The fraction of sp³-hybridized carbons (Fsp3) is 0.208. The Morgan fingerprint density at radius 3 is 2.61 bits per heavy atom. The topological polar surface area (TPSA) is 69.0 Å².